The molecule has 1 aliphatic rings. The largest absolute Gasteiger partial charge is 0.318 e. The van der Waals surface area contributed by atoms with Gasteiger partial charge in [-0.05, 0) is 47.0 Å². The average molecular weight is 386 g/mol. The van der Waals surface area contributed by atoms with Gasteiger partial charge in [-0.15, -0.1) is 5.10 Å². The maximum absolute atomic E-state index is 12.0. The molecule has 0 saturated heterocycles. The number of benzene rings is 1. The molecule has 3 rings (SSSR count). The highest BCUT2D eigenvalue weighted by atomic mass is 79.9. The number of H-pyrrole nitrogens is 1. The summed E-state index contributed by atoms with van der Waals surface area (Å²) in [6.45, 7) is 0. The van der Waals surface area contributed by atoms with Gasteiger partial charge in [0.25, 0.3) is 5.91 Å². The third-order valence-corrected chi connectivity index (χ3v) is 4.00. The van der Waals surface area contributed by atoms with Crippen molar-refractivity contribution >= 4 is 43.5 Å². The number of hydrogen-bond acceptors (Lipinski definition) is 3. The predicted octanol–water partition coefficient (Wildman–Crippen LogP) is 3.46. The van der Waals surface area contributed by atoms with Gasteiger partial charge in [0.05, 0.1) is 5.69 Å². The molecule has 0 unspecified atom stereocenters. The van der Waals surface area contributed by atoms with Crippen LogP contribution in [0.1, 0.15) is 35.2 Å². The molecule has 1 saturated carbocycles. The number of aromatic nitrogens is 3. The van der Waals surface area contributed by atoms with Crippen LogP contribution < -0.4 is 5.32 Å². The molecule has 1 aromatic heterocycles. The minimum Gasteiger partial charge on any atom is -0.318 e. The molecular weight excluding hydrogens is 376 g/mol. The van der Waals surface area contributed by atoms with E-state index in [0.717, 1.165) is 27.6 Å². The van der Waals surface area contributed by atoms with Crippen molar-refractivity contribution in [3.05, 3.63) is 38.8 Å². The number of aromatic amines is 1. The highest BCUT2D eigenvalue weighted by Crippen LogP contribution is 2.37. The van der Waals surface area contributed by atoms with Gasteiger partial charge in [-0.25, -0.2) is 4.98 Å². The Hall–Kier alpha value is -1.21. The Morgan fingerprint density at radius 3 is 2.84 bits per heavy atom. The van der Waals surface area contributed by atoms with Gasteiger partial charge in [-0.3, -0.25) is 9.89 Å². The summed E-state index contributed by atoms with van der Waals surface area (Å²) >= 11 is 6.75. The molecule has 0 bridgehead atoms. The molecule has 1 aromatic carbocycles. The van der Waals surface area contributed by atoms with E-state index in [2.05, 4.69) is 52.4 Å². The molecular formula is C12H10Br2N4O. The molecule has 7 heteroatoms. The minimum atomic E-state index is -0.314. The number of hydrogen-bond donors (Lipinski definition) is 2. The zero-order valence-electron chi connectivity index (χ0n) is 9.78. The van der Waals surface area contributed by atoms with Crippen LogP contribution in [0.15, 0.2) is 27.1 Å². The van der Waals surface area contributed by atoms with Crippen molar-refractivity contribution in [3.63, 3.8) is 0 Å². The summed E-state index contributed by atoms with van der Waals surface area (Å²) in [7, 11) is 0. The van der Waals surface area contributed by atoms with Crippen molar-refractivity contribution < 1.29 is 4.79 Å². The summed E-state index contributed by atoms with van der Waals surface area (Å²) in [6.07, 6.45) is 2.24. The van der Waals surface area contributed by atoms with Crippen LogP contribution in [0.3, 0.4) is 0 Å². The number of halogens is 2. The molecule has 0 atom stereocenters. The Bertz CT molecular complexity index is 636. The SMILES string of the molecule is O=C(Nc1ccc(Br)cc1Br)c1n[nH]c(C2CC2)n1. The molecule has 0 aliphatic heterocycles. The van der Waals surface area contributed by atoms with Crippen LogP contribution in [0.5, 0.6) is 0 Å². The highest BCUT2D eigenvalue weighted by Gasteiger charge is 2.28. The van der Waals surface area contributed by atoms with E-state index in [0.29, 0.717) is 11.6 Å². The minimum absolute atomic E-state index is 0.178. The molecule has 0 radical (unpaired) electrons. The molecule has 0 spiro atoms. The zero-order valence-corrected chi connectivity index (χ0v) is 13.0. The van der Waals surface area contributed by atoms with E-state index in [4.69, 9.17) is 0 Å². The third-order valence-electron chi connectivity index (χ3n) is 2.85. The summed E-state index contributed by atoms with van der Waals surface area (Å²) in [5, 5.41) is 9.54. The van der Waals surface area contributed by atoms with Gasteiger partial charge in [0.1, 0.15) is 5.82 Å². The molecule has 1 heterocycles. The average Bonchev–Trinajstić information content (AvgIpc) is 3.10. The fraction of sp³-hybridized carbons (Fsp3) is 0.250. The van der Waals surface area contributed by atoms with Gasteiger partial charge in [-0.1, -0.05) is 15.9 Å². The first kappa shape index (κ1) is 12.8. The molecule has 1 aliphatic carbocycles. The fourth-order valence-corrected chi connectivity index (χ4v) is 2.83. The summed E-state index contributed by atoms with van der Waals surface area (Å²) < 4.78 is 1.74. The first-order valence-corrected chi connectivity index (χ1v) is 7.41. The van der Waals surface area contributed by atoms with E-state index in [1.54, 1.807) is 6.07 Å². The zero-order chi connectivity index (χ0) is 13.4. The lowest BCUT2D eigenvalue weighted by Crippen LogP contribution is -2.14. The van der Waals surface area contributed by atoms with Crippen molar-refractivity contribution in [2.75, 3.05) is 5.32 Å². The van der Waals surface area contributed by atoms with E-state index in [1.165, 1.54) is 0 Å². The second kappa shape index (κ2) is 5.05. The Kier molecular flexibility index (Phi) is 3.40. The maximum atomic E-state index is 12.0. The number of nitrogens with zero attached hydrogens (tertiary/aromatic N) is 2. The Morgan fingerprint density at radius 2 is 2.16 bits per heavy atom. The van der Waals surface area contributed by atoms with Crippen LogP contribution in [-0.2, 0) is 0 Å². The molecule has 19 heavy (non-hydrogen) atoms. The van der Waals surface area contributed by atoms with E-state index >= 15 is 0 Å². The van der Waals surface area contributed by atoms with Crippen molar-refractivity contribution in [2.45, 2.75) is 18.8 Å². The van der Waals surface area contributed by atoms with Crippen LogP contribution >= 0.6 is 31.9 Å². The van der Waals surface area contributed by atoms with Gasteiger partial charge >= 0.3 is 0 Å². The smallest absolute Gasteiger partial charge is 0.295 e. The highest BCUT2D eigenvalue weighted by molar-refractivity contribution is 9.11. The van der Waals surface area contributed by atoms with Crippen LogP contribution in [0.25, 0.3) is 0 Å². The first-order chi connectivity index (χ1) is 9.13. The lowest BCUT2D eigenvalue weighted by atomic mass is 10.3. The molecule has 98 valence electrons. The van der Waals surface area contributed by atoms with Gasteiger partial charge in [0.15, 0.2) is 0 Å². The van der Waals surface area contributed by atoms with Crippen LogP contribution in [0, 0.1) is 0 Å². The number of carbonyl (C=O) groups excluding carboxylic acids is 1. The molecule has 1 fully saturated rings. The second-order valence-corrected chi connectivity index (χ2v) is 6.17. The first-order valence-electron chi connectivity index (χ1n) is 5.82. The molecule has 2 N–H and O–H groups in total. The quantitative estimate of drug-likeness (QED) is 0.849. The fourth-order valence-electron chi connectivity index (χ4n) is 1.68. The predicted molar refractivity (Wildman–Crippen MR) is 78.2 cm³/mol. The van der Waals surface area contributed by atoms with Crippen LogP contribution in [-0.4, -0.2) is 21.1 Å². The number of carbonyl (C=O) groups is 1. The summed E-state index contributed by atoms with van der Waals surface area (Å²) in [4.78, 5) is 16.2. The number of amides is 1. The van der Waals surface area contributed by atoms with Gasteiger partial charge in [0.2, 0.25) is 5.82 Å². The number of rotatable bonds is 3. The standard InChI is InChI=1S/C12H10Br2N4O/c13-7-3-4-9(8(14)5-7)15-12(19)11-16-10(17-18-11)6-1-2-6/h3-6H,1-2H2,(H,15,19)(H,16,17,18). The van der Waals surface area contributed by atoms with E-state index in [9.17, 15) is 4.79 Å². The molecule has 1 amide bonds. The van der Waals surface area contributed by atoms with Gasteiger partial charge in [-0.2, -0.15) is 0 Å². The number of nitrogens with one attached hydrogen (secondary N) is 2. The van der Waals surface area contributed by atoms with Crippen LogP contribution in [0.4, 0.5) is 5.69 Å². The van der Waals surface area contributed by atoms with Crippen molar-refractivity contribution in [3.8, 4) is 0 Å². The molecule has 2 aromatic rings. The second-order valence-electron chi connectivity index (χ2n) is 4.40. The monoisotopic (exact) mass is 384 g/mol. The molecule has 5 nitrogen and oxygen atoms in total. The Morgan fingerprint density at radius 1 is 1.37 bits per heavy atom. The maximum Gasteiger partial charge on any atom is 0.295 e. The summed E-state index contributed by atoms with van der Waals surface area (Å²) in [5.74, 6) is 1.12. The normalized spacial score (nSPS) is 14.4. The van der Waals surface area contributed by atoms with E-state index in [1.807, 2.05) is 12.1 Å². The van der Waals surface area contributed by atoms with Crippen LogP contribution in [0.2, 0.25) is 0 Å². The number of anilines is 1. The lowest BCUT2D eigenvalue weighted by Gasteiger charge is -2.05. The summed E-state index contributed by atoms with van der Waals surface area (Å²) in [5.41, 5.74) is 0.686. The van der Waals surface area contributed by atoms with Gasteiger partial charge in [0, 0.05) is 14.9 Å². The van der Waals surface area contributed by atoms with E-state index in [-0.39, 0.29) is 11.7 Å². The van der Waals surface area contributed by atoms with Crippen molar-refractivity contribution in [1.29, 1.82) is 0 Å². The van der Waals surface area contributed by atoms with E-state index < -0.39 is 0 Å². The Balaban J connectivity index is 1.76. The van der Waals surface area contributed by atoms with Gasteiger partial charge < -0.3 is 5.32 Å². The third kappa shape index (κ3) is 2.87. The Labute approximate surface area is 126 Å². The topological polar surface area (TPSA) is 70.7 Å². The summed E-state index contributed by atoms with van der Waals surface area (Å²) in [6, 6.07) is 5.53. The lowest BCUT2D eigenvalue weighted by molar-refractivity contribution is 0.101. The van der Waals surface area contributed by atoms with Crippen molar-refractivity contribution in [2.24, 2.45) is 0 Å². The van der Waals surface area contributed by atoms with Crippen molar-refractivity contribution in [1.82, 2.24) is 15.2 Å².